The Morgan fingerprint density at radius 1 is 0.514 bits per heavy atom. The third-order valence-electron chi connectivity index (χ3n) is 18.8. The Kier molecular flexibility index (Phi) is 31.5. The predicted molar refractivity (Wildman–Crippen MR) is 411 cm³/mol. The largest absolute Gasteiger partial charge is 0.399 e. The first-order valence-corrected chi connectivity index (χ1v) is 36.8. The molecule has 0 radical (unpaired) electrons. The molecule has 20 N–H and O–H groups in total. The third kappa shape index (κ3) is 26.3. The van der Waals surface area contributed by atoms with E-state index in [1.54, 1.807) is 97.1 Å². The second-order valence-corrected chi connectivity index (χ2v) is 28.3. The fraction of sp³-hybridized carbons (Fsp3) is 0.410. The molecule has 6 aromatic carbocycles. The zero-order valence-electron chi connectivity index (χ0n) is 61.4. The summed E-state index contributed by atoms with van der Waals surface area (Å²) in [7, 11) is 0. The summed E-state index contributed by atoms with van der Waals surface area (Å²) in [6.07, 6.45) is 0.0970. The molecule has 6 aromatic rings. The van der Waals surface area contributed by atoms with Crippen LogP contribution in [-0.2, 0) is 91.3 Å². The number of likely N-dealkylation sites (tertiary alicyclic amines) is 1. The second-order valence-electron chi connectivity index (χ2n) is 27.9. The number of fused-ring (bicyclic) bond motifs is 1. The number of rotatable bonds is 38. The van der Waals surface area contributed by atoms with Crippen LogP contribution < -0.4 is 76.1 Å². The van der Waals surface area contributed by atoms with Crippen LogP contribution >= 0.6 is 11.6 Å². The number of aliphatic hydroxyl groups is 1. The number of primary amides is 2. The molecule has 31 heteroatoms. The first kappa shape index (κ1) is 83.4. The van der Waals surface area contributed by atoms with Gasteiger partial charge in [0.1, 0.15) is 60.4 Å². The molecular weight excluding hydrogens is 1420 g/mol. The van der Waals surface area contributed by atoms with Crippen LogP contribution in [0, 0.1) is 11.3 Å². The van der Waals surface area contributed by atoms with E-state index in [9.17, 15) is 48.3 Å². The van der Waals surface area contributed by atoms with Crippen molar-refractivity contribution < 1.29 is 62.6 Å². The number of aliphatic hydroxyl groups excluding tert-OH is 1. The molecule has 2 heterocycles. The van der Waals surface area contributed by atoms with Crippen molar-refractivity contribution in [3.8, 4) is 0 Å². The molecule has 0 spiro atoms. The number of hydrogen-bond donors (Lipinski definition) is 16. The van der Waals surface area contributed by atoms with E-state index in [0.29, 0.717) is 64.7 Å². The summed E-state index contributed by atoms with van der Waals surface area (Å²) in [4.78, 5) is 161. The van der Waals surface area contributed by atoms with Crippen molar-refractivity contribution in [2.24, 2.45) is 23.1 Å². The number of morpholine rings is 1. The quantitative estimate of drug-likeness (QED) is 0.0112. The summed E-state index contributed by atoms with van der Waals surface area (Å²) in [5.41, 5.74) is 26.9. The van der Waals surface area contributed by atoms with Crippen molar-refractivity contribution in [3.05, 3.63) is 184 Å². The Bertz CT molecular complexity index is 4130. The van der Waals surface area contributed by atoms with Gasteiger partial charge in [0.2, 0.25) is 59.1 Å². The fourth-order valence-electron chi connectivity index (χ4n) is 12.9. The SMILES string of the molecule is CC(C)C[C@H](NC(=O)[C@@H](Cc1ccc(CN2CCOCC2)cc1)NC(=O)[C@H](Cc1ccc(N)cc1)NC(=O)[C@H](CO)NC(=O)[C@@H](Cc1ccccc1)NC(=O)[C@@H](Cc1ccc(Cl)cc1)NC(=O)[C@@H](Cc1ccc2ccccc2c1)NC(N)=O)C(=O)N[C@@H](CCCNC(=N)N)C(=O)N1CCC[C@H]1C(=O)N[C@H](C)C(N)=O. The summed E-state index contributed by atoms with van der Waals surface area (Å²) in [6.45, 7) is 7.47. The number of urea groups is 1. The number of anilines is 1. The predicted octanol–water partition coefficient (Wildman–Crippen LogP) is 1.13. The van der Waals surface area contributed by atoms with E-state index < -0.39 is 132 Å². The first-order chi connectivity index (χ1) is 52.2. The monoisotopic (exact) mass is 1520 g/mol. The molecule has 30 nitrogen and oxygen atoms in total. The van der Waals surface area contributed by atoms with Crippen LogP contribution in [0.5, 0.6) is 0 Å². The number of ether oxygens (including phenoxy) is 1. The number of nitrogens with zero attached hydrogens (tertiary/aromatic N) is 2. The molecule has 0 unspecified atom stereocenters. The molecule has 0 aliphatic carbocycles. The lowest BCUT2D eigenvalue weighted by atomic mass is 9.99. The Labute approximate surface area is 637 Å². The van der Waals surface area contributed by atoms with E-state index in [1.807, 2.05) is 62.4 Å². The van der Waals surface area contributed by atoms with Crippen LogP contribution in [0.2, 0.25) is 5.02 Å². The van der Waals surface area contributed by atoms with Gasteiger partial charge in [0.15, 0.2) is 5.96 Å². The van der Waals surface area contributed by atoms with Gasteiger partial charge in [0.25, 0.3) is 0 Å². The van der Waals surface area contributed by atoms with Crippen LogP contribution in [0.3, 0.4) is 0 Å². The van der Waals surface area contributed by atoms with Crippen molar-refractivity contribution in [1.82, 2.24) is 63.0 Å². The molecule has 2 aliphatic rings. The number of benzene rings is 6. The molecule has 8 rings (SSSR count). The highest BCUT2D eigenvalue weighted by molar-refractivity contribution is 6.30. The van der Waals surface area contributed by atoms with Crippen LogP contribution in [0.1, 0.15) is 86.3 Å². The lowest BCUT2D eigenvalue weighted by Gasteiger charge is -2.31. The number of nitrogens with one attached hydrogen (secondary N) is 11. The van der Waals surface area contributed by atoms with Crippen molar-refractivity contribution in [3.63, 3.8) is 0 Å². The van der Waals surface area contributed by atoms with Crippen LogP contribution in [0.4, 0.5) is 10.5 Å². The van der Waals surface area contributed by atoms with Gasteiger partial charge in [-0.2, -0.15) is 0 Å². The molecule has 2 fully saturated rings. The maximum absolute atomic E-state index is 15.3. The lowest BCUT2D eigenvalue weighted by Crippen LogP contribution is -2.62. The van der Waals surface area contributed by atoms with Crippen molar-refractivity contribution in [2.45, 2.75) is 152 Å². The highest BCUT2D eigenvalue weighted by Crippen LogP contribution is 2.23. The Balaban J connectivity index is 1.06. The number of hydrogen-bond acceptors (Lipinski definition) is 16. The molecule has 109 heavy (non-hydrogen) atoms. The minimum atomic E-state index is -1.81. The smallest absolute Gasteiger partial charge is 0.312 e. The van der Waals surface area contributed by atoms with Gasteiger partial charge in [-0.3, -0.25) is 58.3 Å². The normalized spacial score (nSPS) is 16.1. The molecule has 12 amide bonds. The molecule has 0 bridgehead atoms. The van der Waals surface area contributed by atoms with Crippen LogP contribution in [0.15, 0.2) is 146 Å². The summed E-state index contributed by atoms with van der Waals surface area (Å²) in [5.74, 6) is -8.85. The standard InChI is InChI=1S/C78H100ClN17O13/c1-46(2)37-59(68(99)87-58(15-9-31-85-77(82)83)76(107)96-32-10-16-66(96)75(106)86-47(3)67(81)98)88-69(100)61(40-49-17-19-52(20-18-49)44-95-33-35-109-36-34-95)90-71(102)63(42-51-24-29-57(80)30-25-51)92-74(105)65(45-97)93-72(103)60(39-48-11-5-4-6-12-48)89-70(101)62(41-50-22-27-56(79)28-23-50)91-73(104)64(94-78(84)108)43-53-21-26-54-13-7-8-14-55(54)38-53/h4-8,11-14,17-30,38,46-47,58-66,97H,9-10,15-16,31-37,39-45,80H2,1-3H3,(H2,81,98)(H,86,106)(H,87,99)(H,88,100)(H,89,101)(H,90,102)(H,91,104)(H,92,105)(H,93,103)(H4,82,83,85)(H3,84,94,108)/t47-,58+,59+,60-,61-,62-,63+,64-,65+,66+/m1/s1. The van der Waals surface area contributed by atoms with Crippen LogP contribution in [0.25, 0.3) is 10.8 Å². The maximum atomic E-state index is 15.3. The molecule has 2 saturated heterocycles. The fourth-order valence-corrected chi connectivity index (χ4v) is 13.0. The van der Waals surface area contributed by atoms with Gasteiger partial charge in [-0.1, -0.05) is 147 Å². The highest BCUT2D eigenvalue weighted by Gasteiger charge is 2.41. The third-order valence-corrected chi connectivity index (χ3v) is 19.1. The van der Waals surface area contributed by atoms with E-state index >= 15 is 9.59 Å². The van der Waals surface area contributed by atoms with Gasteiger partial charge in [-0.25, -0.2) is 4.79 Å². The molecule has 10 atom stereocenters. The minimum Gasteiger partial charge on any atom is -0.399 e. The van der Waals surface area contributed by atoms with Crippen molar-refractivity contribution in [2.75, 3.05) is 51.7 Å². The molecular formula is C78H100ClN17O13. The number of halogens is 1. The van der Waals surface area contributed by atoms with Gasteiger partial charge in [0, 0.05) is 75.5 Å². The highest BCUT2D eigenvalue weighted by atomic mass is 35.5. The lowest BCUT2D eigenvalue weighted by molar-refractivity contribution is -0.142. The number of nitrogens with two attached hydrogens (primary N) is 4. The average molecular weight is 1520 g/mol. The number of carbonyl (C=O) groups is 11. The first-order valence-electron chi connectivity index (χ1n) is 36.4. The summed E-state index contributed by atoms with van der Waals surface area (Å²) in [6, 6.07) is 27.1. The molecule has 0 saturated carbocycles. The Morgan fingerprint density at radius 3 is 1.48 bits per heavy atom. The summed E-state index contributed by atoms with van der Waals surface area (Å²) >= 11 is 6.26. The van der Waals surface area contributed by atoms with E-state index in [0.717, 1.165) is 29.4 Å². The van der Waals surface area contributed by atoms with E-state index in [2.05, 4.69) is 58.1 Å². The Hall–Kier alpha value is -11.2. The van der Waals surface area contributed by atoms with Crippen molar-refractivity contribution >= 4 is 99.1 Å². The zero-order valence-corrected chi connectivity index (χ0v) is 62.1. The maximum Gasteiger partial charge on any atom is 0.312 e. The van der Waals surface area contributed by atoms with Crippen molar-refractivity contribution in [1.29, 1.82) is 5.41 Å². The topological polar surface area (TPSA) is 472 Å². The molecule has 0 aromatic heterocycles. The van der Waals surface area contributed by atoms with E-state index in [1.165, 1.54) is 11.8 Å². The van der Waals surface area contributed by atoms with E-state index in [4.69, 9.17) is 44.7 Å². The number of nitrogen functional groups attached to an aromatic ring is 1. The summed E-state index contributed by atoms with van der Waals surface area (Å²) < 4.78 is 5.55. The summed E-state index contributed by atoms with van der Waals surface area (Å²) in [5, 5.41) is 47.9. The van der Waals surface area contributed by atoms with Crippen LogP contribution in [-0.4, -0.2) is 192 Å². The molecule has 582 valence electrons. The second kappa shape index (κ2) is 41.2. The van der Waals surface area contributed by atoms with Gasteiger partial charge >= 0.3 is 6.03 Å². The minimum absolute atomic E-state index is 0.00901. The zero-order chi connectivity index (χ0) is 78.7. The van der Waals surface area contributed by atoms with Gasteiger partial charge in [-0.05, 0) is 113 Å². The number of amides is 12. The number of carbonyl (C=O) groups excluding carboxylic acids is 11. The number of guanidine groups is 1. The van der Waals surface area contributed by atoms with Gasteiger partial charge < -0.3 is 90.8 Å². The van der Waals surface area contributed by atoms with E-state index in [-0.39, 0.29) is 82.8 Å². The van der Waals surface area contributed by atoms with Gasteiger partial charge in [-0.15, -0.1) is 0 Å². The molecule has 2 aliphatic heterocycles. The van der Waals surface area contributed by atoms with Gasteiger partial charge in [0.05, 0.1) is 19.8 Å². The Morgan fingerprint density at radius 2 is 0.954 bits per heavy atom. The average Bonchev–Trinajstić information content (AvgIpc) is 1.74.